The molecule has 0 amide bonds. The zero-order valence-corrected chi connectivity index (χ0v) is 15.5. The molecule has 0 atom stereocenters. The smallest absolute Gasteiger partial charge is 0.211 e. The summed E-state index contributed by atoms with van der Waals surface area (Å²) in [7, 11) is -7.43. The zero-order valence-electron chi connectivity index (χ0n) is 13.9. The number of nitrogens with one attached hydrogen (secondary N) is 2. The third kappa shape index (κ3) is 4.67. The van der Waals surface area contributed by atoms with Crippen LogP contribution in [0.3, 0.4) is 0 Å². The molecule has 6 nitrogen and oxygen atoms in total. The Morgan fingerprint density at radius 2 is 1.46 bits per heavy atom. The first-order chi connectivity index (χ1) is 12.3. The molecular formula is C17H19FN2O4S2. The highest BCUT2D eigenvalue weighted by Crippen LogP contribution is 2.22. The molecule has 26 heavy (non-hydrogen) atoms. The topological polar surface area (TPSA) is 92.3 Å². The molecule has 0 radical (unpaired) electrons. The fourth-order valence-electron chi connectivity index (χ4n) is 2.39. The second-order valence-corrected chi connectivity index (χ2v) is 9.59. The van der Waals surface area contributed by atoms with Gasteiger partial charge in [0.25, 0.3) is 0 Å². The minimum atomic E-state index is -3.80. The predicted octanol–water partition coefficient (Wildman–Crippen LogP) is 1.79. The van der Waals surface area contributed by atoms with Gasteiger partial charge >= 0.3 is 0 Å². The monoisotopic (exact) mass is 398 g/mol. The molecule has 3 rings (SSSR count). The number of rotatable bonds is 8. The standard InChI is InChI=1S/C17H19FN2O4S2/c18-17-4-2-1-3-13(17)11-12-19-25(21,22)15-7-9-16(10-8-15)26(23,24)20-14-5-6-14/h1-4,7-10,14,19-20H,5-6,11-12H2. The second kappa shape index (κ2) is 7.43. The van der Waals surface area contributed by atoms with Gasteiger partial charge in [-0.1, -0.05) is 18.2 Å². The summed E-state index contributed by atoms with van der Waals surface area (Å²) in [4.78, 5) is -0.0221. The van der Waals surface area contributed by atoms with E-state index in [0.29, 0.717) is 5.56 Å². The third-order valence-corrected chi connectivity index (χ3v) is 7.00. The highest BCUT2D eigenvalue weighted by Gasteiger charge is 2.28. The summed E-state index contributed by atoms with van der Waals surface area (Å²) in [6.07, 6.45) is 1.85. The molecule has 0 spiro atoms. The van der Waals surface area contributed by atoms with Gasteiger partial charge in [0.1, 0.15) is 5.82 Å². The molecule has 9 heteroatoms. The maximum absolute atomic E-state index is 13.5. The minimum Gasteiger partial charge on any atom is -0.211 e. The molecule has 1 aliphatic carbocycles. The van der Waals surface area contributed by atoms with Crippen LogP contribution in [0.25, 0.3) is 0 Å². The average molecular weight is 398 g/mol. The van der Waals surface area contributed by atoms with Crippen molar-refractivity contribution in [3.8, 4) is 0 Å². The molecule has 0 aliphatic heterocycles. The van der Waals surface area contributed by atoms with Crippen molar-refractivity contribution in [3.63, 3.8) is 0 Å². The molecule has 0 bridgehead atoms. The van der Waals surface area contributed by atoms with Crippen LogP contribution in [0.1, 0.15) is 18.4 Å². The van der Waals surface area contributed by atoms with E-state index < -0.39 is 20.0 Å². The molecule has 2 aromatic carbocycles. The van der Waals surface area contributed by atoms with Crippen molar-refractivity contribution in [3.05, 3.63) is 59.9 Å². The Kier molecular flexibility index (Phi) is 5.42. The first kappa shape index (κ1) is 19.0. The van der Waals surface area contributed by atoms with E-state index in [0.717, 1.165) is 12.8 Å². The molecule has 1 aliphatic rings. The Morgan fingerprint density at radius 1 is 0.885 bits per heavy atom. The minimum absolute atomic E-state index is 0.0229. The van der Waals surface area contributed by atoms with Crippen LogP contribution in [0.4, 0.5) is 4.39 Å². The van der Waals surface area contributed by atoms with E-state index in [4.69, 9.17) is 0 Å². The third-order valence-electron chi connectivity index (χ3n) is 3.99. The van der Waals surface area contributed by atoms with E-state index in [2.05, 4.69) is 9.44 Å². The van der Waals surface area contributed by atoms with Gasteiger partial charge in [0.15, 0.2) is 0 Å². The lowest BCUT2D eigenvalue weighted by Gasteiger charge is -2.09. The summed E-state index contributed by atoms with van der Waals surface area (Å²) in [6.45, 7) is 0.0343. The van der Waals surface area contributed by atoms with E-state index in [-0.39, 0.29) is 34.6 Å². The van der Waals surface area contributed by atoms with Crippen molar-refractivity contribution in [2.24, 2.45) is 0 Å². The summed E-state index contributed by atoms with van der Waals surface area (Å²) < 4.78 is 67.2. The van der Waals surface area contributed by atoms with Gasteiger partial charge in [0, 0.05) is 12.6 Å². The Balaban J connectivity index is 1.64. The SMILES string of the molecule is O=S(=O)(NCCc1ccccc1F)c1ccc(S(=O)(=O)NC2CC2)cc1. The largest absolute Gasteiger partial charge is 0.240 e. The highest BCUT2D eigenvalue weighted by molar-refractivity contribution is 7.90. The summed E-state index contributed by atoms with van der Waals surface area (Å²) in [6, 6.07) is 11.1. The lowest BCUT2D eigenvalue weighted by Crippen LogP contribution is -2.27. The molecular weight excluding hydrogens is 379 g/mol. The van der Waals surface area contributed by atoms with Crippen LogP contribution in [-0.2, 0) is 26.5 Å². The maximum atomic E-state index is 13.5. The van der Waals surface area contributed by atoms with Crippen molar-refractivity contribution in [1.29, 1.82) is 0 Å². The Labute approximate surface area is 152 Å². The van der Waals surface area contributed by atoms with Crippen molar-refractivity contribution < 1.29 is 21.2 Å². The second-order valence-electron chi connectivity index (χ2n) is 6.11. The quantitative estimate of drug-likeness (QED) is 0.709. The van der Waals surface area contributed by atoms with Gasteiger partial charge in [-0.2, -0.15) is 0 Å². The van der Waals surface area contributed by atoms with Crippen molar-refractivity contribution in [1.82, 2.24) is 9.44 Å². The Bertz CT molecular complexity index is 986. The number of halogens is 1. The van der Waals surface area contributed by atoms with Crippen LogP contribution in [0.2, 0.25) is 0 Å². The van der Waals surface area contributed by atoms with Crippen LogP contribution >= 0.6 is 0 Å². The first-order valence-electron chi connectivity index (χ1n) is 8.13. The van der Waals surface area contributed by atoms with Crippen molar-refractivity contribution in [2.75, 3.05) is 6.54 Å². The number of benzene rings is 2. The molecule has 1 fully saturated rings. The van der Waals surface area contributed by atoms with Gasteiger partial charge in [-0.05, 0) is 55.2 Å². The van der Waals surface area contributed by atoms with Gasteiger partial charge in [0.2, 0.25) is 20.0 Å². The van der Waals surface area contributed by atoms with Crippen LogP contribution < -0.4 is 9.44 Å². The molecule has 0 aromatic heterocycles. The predicted molar refractivity (Wildman–Crippen MR) is 95.1 cm³/mol. The van der Waals surface area contributed by atoms with Crippen molar-refractivity contribution in [2.45, 2.75) is 35.1 Å². The molecule has 140 valence electrons. The summed E-state index contributed by atoms with van der Waals surface area (Å²) >= 11 is 0. The fraction of sp³-hybridized carbons (Fsp3) is 0.294. The summed E-state index contributed by atoms with van der Waals surface area (Å²) in [5, 5.41) is 0. The molecule has 2 N–H and O–H groups in total. The maximum Gasteiger partial charge on any atom is 0.240 e. The van der Waals surface area contributed by atoms with Gasteiger partial charge in [0.05, 0.1) is 9.79 Å². The fourth-order valence-corrected chi connectivity index (χ4v) is 4.73. The number of hydrogen-bond donors (Lipinski definition) is 2. The van der Waals surface area contributed by atoms with E-state index in [1.807, 2.05) is 0 Å². The highest BCUT2D eigenvalue weighted by atomic mass is 32.2. The normalized spacial score (nSPS) is 15.1. The Morgan fingerprint density at radius 3 is 2.04 bits per heavy atom. The van der Waals surface area contributed by atoms with E-state index in [1.54, 1.807) is 18.2 Å². The summed E-state index contributed by atoms with van der Waals surface area (Å²) in [5.41, 5.74) is 0.419. The Hall–Kier alpha value is -1.81. The number of sulfonamides is 2. The molecule has 0 heterocycles. The molecule has 2 aromatic rings. The molecule has 0 saturated heterocycles. The lowest BCUT2D eigenvalue weighted by atomic mass is 10.1. The van der Waals surface area contributed by atoms with Gasteiger partial charge < -0.3 is 0 Å². The average Bonchev–Trinajstić information content (AvgIpc) is 3.40. The molecule has 1 saturated carbocycles. The van der Waals surface area contributed by atoms with Crippen LogP contribution in [0.15, 0.2) is 58.3 Å². The van der Waals surface area contributed by atoms with E-state index in [1.165, 1.54) is 30.3 Å². The number of hydrogen-bond acceptors (Lipinski definition) is 4. The molecule has 0 unspecified atom stereocenters. The van der Waals surface area contributed by atoms with Gasteiger partial charge in [-0.15, -0.1) is 0 Å². The van der Waals surface area contributed by atoms with E-state index >= 15 is 0 Å². The lowest BCUT2D eigenvalue weighted by molar-refractivity contribution is 0.575. The van der Waals surface area contributed by atoms with Crippen LogP contribution in [0.5, 0.6) is 0 Å². The zero-order chi connectivity index (χ0) is 18.8. The van der Waals surface area contributed by atoms with Gasteiger partial charge in [-0.25, -0.2) is 30.7 Å². The van der Waals surface area contributed by atoms with Gasteiger partial charge in [-0.3, -0.25) is 0 Å². The van der Waals surface area contributed by atoms with E-state index in [9.17, 15) is 21.2 Å². The van der Waals surface area contributed by atoms with Crippen molar-refractivity contribution >= 4 is 20.0 Å². The summed E-state index contributed by atoms with van der Waals surface area (Å²) in [5.74, 6) is -0.385. The van der Waals surface area contributed by atoms with Crippen LogP contribution in [-0.4, -0.2) is 29.4 Å². The van der Waals surface area contributed by atoms with Crippen LogP contribution in [0, 0.1) is 5.82 Å². The first-order valence-corrected chi connectivity index (χ1v) is 11.1.